The van der Waals surface area contributed by atoms with Crippen LogP contribution in [0.2, 0.25) is 5.02 Å². The Hall–Kier alpha value is -1.85. The van der Waals surface area contributed by atoms with E-state index in [2.05, 4.69) is 5.10 Å². The molecular formula is C17H18ClN3O2. The molecule has 1 aliphatic carbocycles. The van der Waals surface area contributed by atoms with Crippen molar-refractivity contribution < 1.29 is 9.53 Å². The summed E-state index contributed by atoms with van der Waals surface area (Å²) in [6.07, 6.45) is 5.18. The molecule has 1 saturated heterocycles. The van der Waals surface area contributed by atoms with Crippen molar-refractivity contribution >= 4 is 17.5 Å². The van der Waals surface area contributed by atoms with Gasteiger partial charge in [0, 0.05) is 17.8 Å². The Morgan fingerprint density at radius 2 is 2.22 bits per heavy atom. The largest absolute Gasteiger partial charge is 0.374 e. The SMILES string of the molecule is O=C(c1ccn(-c2cccc(Cl)c2)n1)N1CCO[C@H]2CCC[C@@H]21. The highest BCUT2D eigenvalue weighted by molar-refractivity contribution is 6.30. The molecule has 2 atom stereocenters. The minimum atomic E-state index is -0.00835. The van der Waals surface area contributed by atoms with E-state index < -0.39 is 0 Å². The first-order valence-corrected chi connectivity index (χ1v) is 8.34. The van der Waals surface area contributed by atoms with Crippen molar-refractivity contribution in [2.24, 2.45) is 0 Å². The molecule has 1 aromatic carbocycles. The predicted octanol–water partition coefficient (Wildman–Crippen LogP) is 2.92. The lowest BCUT2D eigenvalue weighted by molar-refractivity contribution is -0.0447. The number of carbonyl (C=O) groups excluding carboxylic acids is 1. The average Bonchev–Trinajstić information content (AvgIpc) is 3.23. The number of halogens is 1. The van der Waals surface area contributed by atoms with Gasteiger partial charge < -0.3 is 9.64 Å². The van der Waals surface area contributed by atoms with Crippen molar-refractivity contribution in [2.45, 2.75) is 31.4 Å². The number of hydrogen-bond donors (Lipinski definition) is 0. The van der Waals surface area contributed by atoms with Crippen molar-refractivity contribution in [3.05, 3.63) is 47.2 Å². The van der Waals surface area contributed by atoms with E-state index in [1.807, 2.05) is 29.2 Å². The van der Waals surface area contributed by atoms with Crippen molar-refractivity contribution in [3.8, 4) is 5.69 Å². The molecule has 120 valence electrons. The maximum Gasteiger partial charge on any atom is 0.274 e. The molecule has 0 unspecified atom stereocenters. The summed E-state index contributed by atoms with van der Waals surface area (Å²) in [7, 11) is 0. The van der Waals surface area contributed by atoms with Gasteiger partial charge in [0.2, 0.25) is 0 Å². The average molecular weight is 332 g/mol. The predicted molar refractivity (Wildman–Crippen MR) is 87.0 cm³/mol. The molecule has 2 heterocycles. The van der Waals surface area contributed by atoms with E-state index in [0.717, 1.165) is 24.9 Å². The van der Waals surface area contributed by atoms with E-state index in [4.69, 9.17) is 16.3 Å². The number of hydrogen-bond acceptors (Lipinski definition) is 3. The second kappa shape index (κ2) is 5.98. The van der Waals surface area contributed by atoms with E-state index in [9.17, 15) is 4.79 Å². The van der Waals surface area contributed by atoms with Crippen molar-refractivity contribution in [1.29, 1.82) is 0 Å². The first kappa shape index (κ1) is 14.7. The molecule has 0 radical (unpaired) electrons. The molecule has 2 aromatic rings. The van der Waals surface area contributed by atoms with Gasteiger partial charge >= 0.3 is 0 Å². The Kier molecular flexibility index (Phi) is 3.83. The van der Waals surface area contributed by atoms with Gasteiger partial charge in [-0.25, -0.2) is 4.68 Å². The lowest BCUT2D eigenvalue weighted by Gasteiger charge is -2.37. The summed E-state index contributed by atoms with van der Waals surface area (Å²) in [5.41, 5.74) is 1.31. The number of carbonyl (C=O) groups is 1. The van der Waals surface area contributed by atoms with Crippen LogP contribution in [0.4, 0.5) is 0 Å². The highest BCUT2D eigenvalue weighted by Crippen LogP contribution is 2.30. The zero-order valence-electron chi connectivity index (χ0n) is 12.7. The topological polar surface area (TPSA) is 47.4 Å². The fourth-order valence-corrected chi connectivity index (χ4v) is 3.71. The Balaban J connectivity index is 1.57. The molecule has 6 heteroatoms. The van der Waals surface area contributed by atoms with Gasteiger partial charge in [-0.05, 0) is 43.5 Å². The van der Waals surface area contributed by atoms with Crippen LogP contribution in [0.25, 0.3) is 5.69 Å². The monoisotopic (exact) mass is 331 g/mol. The Labute approximate surface area is 139 Å². The maximum absolute atomic E-state index is 12.8. The van der Waals surface area contributed by atoms with Gasteiger partial charge in [-0.2, -0.15) is 5.10 Å². The minimum Gasteiger partial charge on any atom is -0.374 e. The van der Waals surface area contributed by atoms with Gasteiger partial charge in [-0.3, -0.25) is 4.79 Å². The quantitative estimate of drug-likeness (QED) is 0.850. The van der Waals surface area contributed by atoms with E-state index in [-0.39, 0.29) is 18.1 Å². The van der Waals surface area contributed by atoms with Crippen LogP contribution >= 0.6 is 11.6 Å². The number of aromatic nitrogens is 2. The number of morpholine rings is 1. The molecule has 23 heavy (non-hydrogen) atoms. The Morgan fingerprint density at radius 3 is 3.09 bits per heavy atom. The fourth-order valence-electron chi connectivity index (χ4n) is 3.53. The zero-order valence-corrected chi connectivity index (χ0v) is 13.4. The molecule has 2 aliphatic rings. The molecule has 0 N–H and O–H groups in total. The van der Waals surface area contributed by atoms with Crippen LogP contribution in [0.3, 0.4) is 0 Å². The highest BCUT2D eigenvalue weighted by Gasteiger charge is 2.39. The lowest BCUT2D eigenvalue weighted by atomic mass is 10.1. The molecule has 4 rings (SSSR count). The molecule has 1 aliphatic heterocycles. The molecule has 1 saturated carbocycles. The summed E-state index contributed by atoms with van der Waals surface area (Å²) in [6, 6.07) is 9.38. The van der Waals surface area contributed by atoms with Gasteiger partial charge in [0.25, 0.3) is 5.91 Å². The number of amides is 1. The van der Waals surface area contributed by atoms with Crippen LogP contribution in [0.15, 0.2) is 36.5 Å². The summed E-state index contributed by atoms with van der Waals surface area (Å²) < 4.78 is 7.46. The van der Waals surface area contributed by atoms with Crippen LogP contribution in [0.1, 0.15) is 29.8 Å². The fraction of sp³-hybridized carbons (Fsp3) is 0.412. The van der Waals surface area contributed by atoms with E-state index in [1.165, 1.54) is 0 Å². The van der Waals surface area contributed by atoms with Crippen LogP contribution in [0, 0.1) is 0 Å². The van der Waals surface area contributed by atoms with Gasteiger partial charge in [-0.1, -0.05) is 17.7 Å². The first-order chi connectivity index (χ1) is 11.2. The molecular weight excluding hydrogens is 314 g/mol. The van der Waals surface area contributed by atoms with Crippen molar-refractivity contribution in [3.63, 3.8) is 0 Å². The van der Waals surface area contributed by atoms with Crippen LogP contribution < -0.4 is 0 Å². The van der Waals surface area contributed by atoms with Crippen LogP contribution in [-0.4, -0.2) is 45.9 Å². The summed E-state index contributed by atoms with van der Waals surface area (Å²) in [6.45, 7) is 1.26. The normalized spacial score (nSPS) is 23.8. The summed E-state index contributed by atoms with van der Waals surface area (Å²) >= 11 is 6.02. The van der Waals surface area contributed by atoms with E-state index in [0.29, 0.717) is 23.9 Å². The molecule has 1 amide bonds. The smallest absolute Gasteiger partial charge is 0.274 e. The highest BCUT2D eigenvalue weighted by atomic mass is 35.5. The van der Waals surface area contributed by atoms with Crippen LogP contribution in [0.5, 0.6) is 0 Å². The number of benzene rings is 1. The number of ether oxygens (including phenoxy) is 1. The van der Waals surface area contributed by atoms with E-state index >= 15 is 0 Å². The third-order valence-corrected chi connectivity index (χ3v) is 4.86. The summed E-state index contributed by atoms with van der Waals surface area (Å²) in [5, 5.41) is 5.08. The molecule has 0 spiro atoms. The zero-order chi connectivity index (χ0) is 15.8. The maximum atomic E-state index is 12.8. The summed E-state index contributed by atoms with van der Waals surface area (Å²) in [4.78, 5) is 14.8. The van der Waals surface area contributed by atoms with Crippen molar-refractivity contribution in [2.75, 3.05) is 13.2 Å². The molecule has 1 aromatic heterocycles. The lowest BCUT2D eigenvalue weighted by Crippen LogP contribution is -2.51. The van der Waals surface area contributed by atoms with Gasteiger partial charge in [-0.15, -0.1) is 0 Å². The Bertz CT molecular complexity index is 730. The molecule has 2 fully saturated rings. The Morgan fingerprint density at radius 1 is 1.30 bits per heavy atom. The third-order valence-electron chi connectivity index (χ3n) is 4.62. The number of nitrogens with zero attached hydrogens (tertiary/aromatic N) is 3. The van der Waals surface area contributed by atoms with Gasteiger partial charge in [0.05, 0.1) is 24.4 Å². The molecule has 0 bridgehead atoms. The van der Waals surface area contributed by atoms with E-state index in [1.54, 1.807) is 16.9 Å². The summed E-state index contributed by atoms with van der Waals surface area (Å²) in [5.74, 6) is -0.00835. The van der Waals surface area contributed by atoms with Crippen molar-refractivity contribution in [1.82, 2.24) is 14.7 Å². The van der Waals surface area contributed by atoms with Gasteiger partial charge in [0.1, 0.15) is 0 Å². The van der Waals surface area contributed by atoms with Crippen LogP contribution in [-0.2, 0) is 4.74 Å². The number of fused-ring (bicyclic) bond motifs is 1. The second-order valence-corrected chi connectivity index (χ2v) is 6.47. The van der Waals surface area contributed by atoms with Gasteiger partial charge in [0.15, 0.2) is 5.69 Å². The standard InChI is InChI=1S/C17H18ClN3O2/c18-12-3-1-4-13(11-12)21-8-7-14(19-21)17(22)20-9-10-23-16-6-2-5-15(16)20/h1,3-4,7-8,11,15-16H,2,5-6,9-10H2/t15-,16-/m0/s1. The molecule has 5 nitrogen and oxygen atoms in total. The first-order valence-electron chi connectivity index (χ1n) is 7.96. The second-order valence-electron chi connectivity index (χ2n) is 6.03. The third kappa shape index (κ3) is 2.75. The number of rotatable bonds is 2. The minimum absolute atomic E-state index is 0.00835.